The lowest BCUT2D eigenvalue weighted by Crippen LogP contribution is -2.49. The highest BCUT2D eigenvalue weighted by molar-refractivity contribution is 5.94. The van der Waals surface area contributed by atoms with Crippen molar-refractivity contribution in [1.82, 2.24) is 24.6 Å². The summed E-state index contributed by atoms with van der Waals surface area (Å²) in [5.41, 5.74) is 4.07. The van der Waals surface area contributed by atoms with Gasteiger partial charge in [0.25, 0.3) is 0 Å². The van der Waals surface area contributed by atoms with E-state index in [1.807, 2.05) is 32.3 Å². The first-order valence-corrected chi connectivity index (χ1v) is 10.4. The monoisotopic (exact) mass is 407 g/mol. The van der Waals surface area contributed by atoms with Gasteiger partial charge in [-0.3, -0.25) is 14.4 Å². The Hall–Kier alpha value is -3.00. The van der Waals surface area contributed by atoms with E-state index in [9.17, 15) is 4.79 Å². The van der Waals surface area contributed by atoms with Crippen LogP contribution in [0.15, 0.2) is 30.7 Å². The van der Waals surface area contributed by atoms with Gasteiger partial charge in [-0.25, -0.2) is 9.97 Å². The van der Waals surface area contributed by atoms with Crippen LogP contribution >= 0.6 is 0 Å². The van der Waals surface area contributed by atoms with Crippen molar-refractivity contribution in [2.75, 3.05) is 42.9 Å². The SMILES string of the molecule is Cc1cccc(C(C)C)c1NC(=O)CN1CCN(c2ncnc3c2cnn3C)CC1. The highest BCUT2D eigenvalue weighted by Crippen LogP contribution is 2.27. The quantitative estimate of drug-likeness (QED) is 0.700. The average Bonchev–Trinajstić information content (AvgIpc) is 3.11. The van der Waals surface area contributed by atoms with Crippen LogP contribution in [0.2, 0.25) is 0 Å². The van der Waals surface area contributed by atoms with Crippen molar-refractivity contribution < 1.29 is 4.79 Å². The van der Waals surface area contributed by atoms with Crippen molar-refractivity contribution in [1.29, 1.82) is 0 Å². The zero-order chi connectivity index (χ0) is 21.3. The molecule has 1 saturated heterocycles. The highest BCUT2D eigenvalue weighted by atomic mass is 16.2. The van der Waals surface area contributed by atoms with Crippen LogP contribution in [0.3, 0.4) is 0 Å². The molecule has 1 aliphatic rings. The molecule has 1 fully saturated rings. The van der Waals surface area contributed by atoms with Crippen molar-refractivity contribution in [3.8, 4) is 0 Å². The molecule has 8 nitrogen and oxygen atoms in total. The van der Waals surface area contributed by atoms with Gasteiger partial charge in [-0.15, -0.1) is 0 Å². The third-order valence-electron chi connectivity index (χ3n) is 5.74. The number of nitrogens with one attached hydrogen (secondary N) is 1. The molecular formula is C22H29N7O. The average molecular weight is 408 g/mol. The van der Waals surface area contributed by atoms with Crippen LogP contribution in [0.5, 0.6) is 0 Å². The van der Waals surface area contributed by atoms with E-state index in [2.05, 4.69) is 50.1 Å². The van der Waals surface area contributed by atoms with Crippen molar-refractivity contribution >= 4 is 28.4 Å². The number of carbonyl (C=O) groups is 1. The fraction of sp³-hybridized carbons (Fsp3) is 0.455. The Bertz CT molecular complexity index is 1050. The maximum absolute atomic E-state index is 12.7. The number of benzene rings is 1. The fourth-order valence-corrected chi connectivity index (χ4v) is 4.04. The summed E-state index contributed by atoms with van der Waals surface area (Å²) < 4.78 is 1.76. The summed E-state index contributed by atoms with van der Waals surface area (Å²) in [6.07, 6.45) is 3.41. The Morgan fingerprint density at radius 3 is 2.67 bits per heavy atom. The van der Waals surface area contributed by atoms with Crippen LogP contribution in [0, 0.1) is 6.92 Å². The first-order valence-electron chi connectivity index (χ1n) is 10.4. The predicted molar refractivity (Wildman–Crippen MR) is 119 cm³/mol. The molecule has 3 aromatic rings. The Morgan fingerprint density at radius 1 is 1.17 bits per heavy atom. The Kier molecular flexibility index (Phi) is 5.67. The van der Waals surface area contributed by atoms with Crippen LogP contribution < -0.4 is 10.2 Å². The second-order valence-corrected chi connectivity index (χ2v) is 8.21. The van der Waals surface area contributed by atoms with Crippen molar-refractivity contribution in [3.05, 3.63) is 41.9 Å². The molecule has 0 unspecified atom stereocenters. The summed E-state index contributed by atoms with van der Waals surface area (Å²) in [5, 5.41) is 8.41. The summed E-state index contributed by atoms with van der Waals surface area (Å²) in [7, 11) is 1.88. The molecule has 2 aromatic heterocycles. The normalized spacial score (nSPS) is 15.2. The standard InChI is InChI=1S/C22H29N7O/c1-15(2)17-7-5-6-16(3)20(17)26-19(30)13-28-8-10-29(11-9-28)22-18-12-25-27(4)21(18)23-14-24-22/h5-7,12,14-15H,8-11,13H2,1-4H3,(H,26,30). The van der Waals surface area contributed by atoms with Gasteiger partial charge in [-0.1, -0.05) is 32.0 Å². The number of hydrogen-bond donors (Lipinski definition) is 1. The van der Waals surface area contributed by atoms with Gasteiger partial charge in [-0.2, -0.15) is 5.10 Å². The third kappa shape index (κ3) is 4.00. The van der Waals surface area contributed by atoms with Crippen LogP contribution in [-0.4, -0.2) is 63.3 Å². The summed E-state index contributed by atoms with van der Waals surface area (Å²) >= 11 is 0. The van der Waals surface area contributed by atoms with Gasteiger partial charge in [0.15, 0.2) is 5.65 Å². The number of fused-ring (bicyclic) bond motifs is 1. The molecule has 0 saturated carbocycles. The van der Waals surface area contributed by atoms with Crippen molar-refractivity contribution in [3.63, 3.8) is 0 Å². The summed E-state index contributed by atoms with van der Waals surface area (Å²) in [5.74, 6) is 1.32. The zero-order valence-corrected chi connectivity index (χ0v) is 18.1. The number of aromatic nitrogens is 4. The number of nitrogens with zero attached hydrogens (tertiary/aromatic N) is 6. The fourth-order valence-electron chi connectivity index (χ4n) is 4.04. The second-order valence-electron chi connectivity index (χ2n) is 8.21. The number of amides is 1. The van der Waals surface area contributed by atoms with E-state index in [-0.39, 0.29) is 5.91 Å². The van der Waals surface area contributed by atoms with E-state index in [1.54, 1.807) is 11.0 Å². The van der Waals surface area contributed by atoms with Gasteiger partial charge >= 0.3 is 0 Å². The van der Waals surface area contributed by atoms with Crippen LogP contribution in [0.1, 0.15) is 30.9 Å². The van der Waals surface area contributed by atoms with Gasteiger partial charge in [-0.05, 0) is 24.0 Å². The minimum absolute atomic E-state index is 0.0383. The number of para-hydroxylation sites is 1. The van der Waals surface area contributed by atoms with Crippen LogP contribution in [0.25, 0.3) is 11.0 Å². The first kappa shape index (κ1) is 20.3. The molecule has 0 spiro atoms. The number of aryl methyl sites for hydroxylation is 2. The number of hydrogen-bond acceptors (Lipinski definition) is 6. The number of carbonyl (C=O) groups excluding carboxylic acids is 1. The van der Waals surface area contributed by atoms with E-state index in [1.165, 1.54) is 5.56 Å². The van der Waals surface area contributed by atoms with Gasteiger partial charge in [0, 0.05) is 38.9 Å². The molecule has 8 heteroatoms. The maximum atomic E-state index is 12.7. The highest BCUT2D eigenvalue weighted by Gasteiger charge is 2.23. The van der Waals surface area contributed by atoms with Gasteiger partial charge in [0.2, 0.25) is 5.91 Å². The maximum Gasteiger partial charge on any atom is 0.238 e. The van der Waals surface area contributed by atoms with E-state index < -0.39 is 0 Å². The molecular weight excluding hydrogens is 378 g/mol. The smallest absolute Gasteiger partial charge is 0.238 e. The molecule has 1 aromatic carbocycles. The lowest BCUT2D eigenvalue weighted by atomic mass is 9.98. The molecule has 0 atom stereocenters. The Morgan fingerprint density at radius 2 is 1.93 bits per heavy atom. The molecule has 0 aliphatic carbocycles. The van der Waals surface area contributed by atoms with Gasteiger partial charge < -0.3 is 10.2 Å². The summed E-state index contributed by atoms with van der Waals surface area (Å²) in [4.78, 5) is 26.0. The van der Waals surface area contributed by atoms with Crippen molar-refractivity contribution in [2.45, 2.75) is 26.7 Å². The lowest BCUT2D eigenvalue weighted by molar-refractivity contribution is -0.117. The number of rotatable bonds is 5. The van der Waals surface area contributed by atoms with E-state index in [0.717, 1.165) is 54.3 Å². The summed E-state index contributed by atoms with van der Waals surface area (Å²) in [6, 6.07) is 6.18. The van der Waals surface area contributed by atoms with Gasteiger partial charge in [0.05, 0.1) is 18.1 Å². The second kappa shape index (κ2) is 8.39. The predicted octanol–water partition coefficient (Wildman–Crippen LogP) is 2.56. The molecule has 0 radical (unpaired) electrons. The molecule has 158 valence electrons. The molecule has 3 heterocycles. The summed E-state index contributed by atoms with van der Waals surface area (Å²) in [6.45, 7) is 9.98. The van der Waals surface area contributed by atoms with E-state index in [4.69, 9.17) is 0 Å². The van der Waals surface area contributed by atoms with Crippen LogP contribution in [0.4, 0.5) is 11.5 Å². The largest absolute Gasteiger partial charge is 0.353 e. The van der Waals surface area contributed by atoms with Crippen molar-refractivity contribution in [2.24, 2.45) is 7.05 Å². The molecule has 1 amide bonds. The molecule has 0 bridgehead atoms. The minimum Gasteiger partial charge on any atom is -0.353 e. The molecule has 4 rings (SSSR count). The molecule has 1 N–H and O–H groups in total. The topological polar surface area (TPSA) is 79.2 Å². The Balaban J connectivity index is 1.38. The number of anilines is 2. The lowest BCUT2D eigenvalue weighted by Gasteiger charge is -2.35. The molecule has 1 aliphatic heterocycles. The van der Waals surface area contributed by atoms with Crippen LogP contribution in [-0.2, 0) is 11.8 Å². The number of piperazine rings is 1. The molecule has 30 heavy (non-hydrogen) atoms. The zero-order valence-electron chi connectivity index (χ0n) is 18.1. The first-order chi connectivity index (χ1) is 14.4. The Labute approximate surface area is 176 Å². The van der Waals surface area contributed by atoms with E-state index >= 15 is 0 Å². The minimum atomic E-state index is 0.0383. The third-order valence-corrected chi connectivity index (χ3v) is 5.74. The van der Waals surface area contributed by atoms with Gasteiger partial charge in [0.1, 0.15) is 12.1 Å². The van der Waals surface area contributed by atoms with E-state index in [0.29, 0.717) is 12.5 Å².